The Balaban J connectivity index is 2.35. The number of carbonyl (C=O) groups is 1. The summed E-state index contributed by atoms with van der Waals surface area (Å²) in [6, 6.07) is 14.2. The van der Waals surface area contributed by atoms with Crippen molar-refractivity contribution in [3.63, 3.8) is 0 Å². The Morgan fingerprint density at radius 1 is 1.18 bits per heavy atom. The van der Waals surface area contributed by atoms with Gasteiger partial charge in [-0.05, 0) is 53.8 Å². The molecular weight excluding hydrogens is 274 g/mol. The van der Waals surface area contributed by atoms with Gasteiger partial charge in [0.05, 0.1) is 0 Å². The lowest BCUT2D eigenvalue weighted by atomic mass is 9.98. The van der Waals surface area contributed by atoms with Crippen LogP contribution in [0.25, 0.3) is 17.2 Å². The van der Waals surface area contributed by atoms with E-state index in [1.165, 1.54) is 11.1 Å². The van der Waals surface area contributed by atoms with Crippen LogP contribution in [-0.2, 0) is 4.79 Å². The van der Waals surface area contributed by atoms with Crippen LogP contribution in [-0.4, -0.2) is 18.1 Å². The van der Waals surface area contributed by atoms with E-state index in [0.717, 1.165) is 16.8 Å². The van der Waals surface area contributed by atoms with Gasteiger partial charge in [-0.25, -0.2) is 4.79 Å². The van der Waals surface area contributed by atoms with Gasteiger partial charge in [-0.3, -0.25) is 0 Å². The maximum absolute atomic E-state index is 11.1. The van der Waals surface area contributed by atoms with Gasteiger partial charge in [-0.1, -0.05) is 37.3 Å². The summed E-state index contributed by atoms with van der Waals surface area (Å²) in [4.78, 5) is 11.1. The molecule has 0 amide bonds. The SMILES string of the molecule is CC/C(=C\c1ccc(-c2cc(NC)ccc2C)cc1)C(=O)O. The van der Waals surface area contributed by atoms with E-state index < -0.39 is 5.97 Å². The van der Waals surface area contributed by atoms with E-state index in [-0.39, 0.29) is 0 Å². The first-order valence-electron chi connectivity index (χ1n) is 7.38. The minimum absolute atomic E-state index is 0.418. The molecule has 0 aliphatic heterocycles. The normalized spacial score (nSPS) is 11.3. The first kappa shape index (κ1) is 15.8. The van der Waals surface area contributed by atoms with E-state index in [1.54, 1.807) is 6.08 Å². The van der Waals surface area contributed by atoms with Crippen LogP contribution in [0.5, 0.6) is 0 Å². The summed E-state index contributed by atoms with van der Waals surface area (Å²) >= 11 is 0. The minimum Gasteiger partial charge on any atom is -0.478 e. The zero-order chi connectivity index (χ0) is 16.1. The highest BCUT2D eigenvalue weighted by Crippen LogP contribution is 2.27. The molecule has 114 valence electrons. The number of anilines is 1. The molecule has 0 fully saturated rings. The van der Waals surface area contributed by atoms with E-state index in [4.69, 9.17) is 5.11 Å². The number of carboxylic acid groups (broad SMARTS) is 1. The van der Waals surface area contributed by atoms with Gasteiger partial charge in [-0.2, -0.15) is 0 Å². The number of nitrogens with one attached hydrogen (secondary N) is 1. The molecule has 2 rings (SSSR count). The van der Waals surface area contributed by atoms with Gasteiger partial charge < -0.3 is 10.4 Å². The molecule has 0 saturated carbocycles. The number of aryl methyl sites for hydroxylation is 1. The Morgan fingerprint density at radius 3 is 2.41 bits per heavy atom. The second-order valence-corrected chi connectivity index (χ2v) is 5.23. The van der Waals surface area contributed by atoms with Crippen LogP contribution in [0.2, 0.25) is 0 Å². The van der Waals surface area contributed by atoms with Gasteiger partial charge in [0.2, 0.25) is 0 Å². The van der Waals surface area contributed by atoms with Crippen molar-refractivity contribution in [1.29, 1.82) is 0 Å². The van der Waals surface area contributed by atoms with Gasteiger partial charge in [0.1, 0.15) is 0 Å². The fourth-order valence-electron chi connectivity index (χ4n) is 2.36. The molecule has 0 aromatic heterocycles. The second-order valence-electron chi connectivity index (χ2n) is 5.23. The number of rotatable bonds is 5. The number of carboxylic acids is 1. The molecule has 2 N–H and O–H groups in total. The Bertz CT molecular complexity index is 700. The van der Waals surface area contributed by atoms with E-state index in [1.807, 2.05) is 38.2 Å². The average Bonchev–Trinajstić information content (AvgIpc) is 2.53. The lowest BCUT2D eigenvalue weighted by molar-refractivity contribution is -0.132. The van der Waals surface area contributed by atoms with E-state index >= 15 is 0 Å². The number of benzene rings is 2. The highest BCUT2D eigenvalue weighted by molar-refractivity contribution is 5.92. The monoisotopic (exact) mass is 295 g/mol. The van der Waals surface area contributed by atoms with Crippen LogP contribution in [0.3, 0.4) is 0 Å². The van der Waals surface area contributed by atoms with E-state index in [2.05, 4.69) is 30.4 Å². The summed E-state index contributed by atoms with van der Waals surface area (Å²) in [5.74, 6) is -0.857. The number of hydrogen-bond donors (Lipinski definition) is 2. The van der Waals surface area contributed by atoms with Crippen molar-refractivity contribution in [3.05, 3.63) is 59.2 Å². The molecule has 3 heteroatoms. The fraction of sp³-hybridized carbons (Fsp3) is 0.211. The van der Waals surface area contributed by atoms with Gasteiger partial charge in [0, 0.05) is 18.3 Å². The van der Waals surface area contributed by atoms with Crippen LogP contribution >= 0.6 is 0 Å². The maximum Gasteiger partial charge on any atom is 0.331 e. The molecule has 0 radical (unpaired) electrons. The summed E-state index contributed by atoms with van der Waals surface area (Å²) < 4.78 is 0. The van der Waals surface area contributed by atoms with Gasteiger partial charge in [-0.15, -0.1) is 0 Å². The number of hydrogen-bond acceptors (Lipinski definition) is 2. The highest BCUT2D eigenvalue weighted by atomic mass is 16.4. The Kier molecular flexibility index (Phi) is 4.99. The quantitative estimate of drug-likeness (QED) is 0.794. The van der Waals surface area contributed by atoms with Gasteiger partial charge >= 0.3 is 5.97 Å². The maximum atomic E-state index is 11.1. The third kappa shape index (κ3) is 3.55. The molecule has 22 heavy (non-hydrogen) atoms. The van der Waals surface area contributed by atoms with Crippen molar-refractivity contribution < 1.29 is 9.90 Å². The summed E-state index contributed by atoms with van der Waals surface area (Å²) in [6.07, 6.45) is 2.24. The van der Waals surface area contributed by atoms with Crippen LogP contribution in [0.15, 0.2) is 48.0 Å². The molecule has 0 atom stereocenters. The third-order valence-electron chi connectivity index (χ3n) is 3.74. The molecule has 0 spiro atoms. The molecular formula is C19H21NO2. The van der Waals surface area contributed by atoms with Crippen molar-refractivity contribution in [2.45, 2.75) is 20.3 Å². The van der Waals surface area contributed by atoms with Crippen molar-refractivity contribution in [2.75, 3.05) is 12.4 Å². The topological polar surface area (TPSA) is 49.3 Å². The zero-order valence-electron chi connectivity index (χ0n) is 13.2. The summed E-state index contributed by atoms with van der Waals surface area (Å²) in [5.41, 5.74) is 5.91. The lowest BCUT2D eigenvalue weighted by Gasteiger charge is -2.09. The Hall–Kier alpha value is -2.55. The molecule has 0 unspecified atom stereocenters. The summed E-state index contributed by atoms with van der Waals surface area (Å²) in [6.45, 7) is 3.93. The molecule has 0 aliphatic carbocycles. The summed E-state index contributed by atoms with van der Waals surface area (Å²) in [7, 11) is 1.90. The highest BCUT2D eigenvalue weighted by Gasteiger charge is 2.06. The molecule has 0 saturated heterocycles. The molecule has 2 aromatic carbocycles. The standard InChI is InChI=1S/C19H21NO2/c1-4-15(19(21)22)11-14-6-8-16(9-7-14)18-12-17(20-3)10-5-13(18)2/h5-12,20H,4H2,1-3H3,(H,21,22)/b15-11+. The Labute approximate surface area is 131 Å². The minimum atomic E-state index is -0.857. The van der Waals surface area contributed by atoms with Gasteiger partial charge in [0.15, 0.2) is 0 Å². The molecule has 0 bridgehead atoms. The van der Waals surface area contributed by atoms with Crippen molar-refractivity contribution in [1.82, 2.24) is 0 Å². The Morgan fingerprint density at radius 2 is 1.86 bits per heavy atom. The van der Waals surface area contributed by atoms with Crippen LogP contribution in [0.4, 0.5) is 5.69 Å². The predicted molar refractivity (Wildman–Crippen MR) is 92.1 cm³/mol. The zero-order valence-corrected chi connectivity index (χ0v) is 13.2. The van der Waals surface area contributed by atoms with E-state index in [0.29, 0.717) is 12.0 Å². The van der Waals surface area contributed by atoms with Crippen LogP contribution < -0.4 is 5.32 Å². The first-order chi connectivity index (χ1) is 10.5. The third-order valence-corrected chi connectivity index (χ3v) is 3.74. The van der Waals surface area contributed by atoms with Crippen molar-refractivity contribution in [3.8, 4) is 11.1 Å². The predicted octanol–water partition coefficient (Wildman–Crippen LogP) is 4.58. The second kappa shape index (κ2) is 6.94. The molecule has 2 aromatic rings. The average molecular weight is 295 g/mol. The van der Waals surface area contributed by atoms with Gasteiger partial charge in [0.25, 0.3) is 0 Å². The van der Waals surface area contributed by atoms with Crippen molar-refractivity contribution >= 4 is 17.7 Å². The molecule has 3 nitrogen and oxygen atoms in total. The largest absolute Gasteiger partial charge is 0.478 e. The van der Waals surface area contributed by atoms with Crippen molar-refractivity contribution in [2.24, 2.45) is 0 Å². The molecule has 0 aliphatic rings. The number of aliphatic carboxylic acids is 1. The first-order valence-corrected chi connectivity index (χ1v) is 7.38. The van der Waals surface area contributed by atoms with E-state index in [9.17, 15) is 4.79 Å². The molecule has 0 heterocycles. The lowest BCUT2D eigenvalue weighted by Crippen LogP contribution is -1.98. The summed E-state index contributed by atoms with van der Waals surface area (Å²) in [5, 5.41) is 12.2. The van der Waals surface area contributed by atoms with Crippen LogP contribution in [0.1, 0.15) is 24.5 Å². The smallest absolute Gasteiger partial charge is 0.331 e. The fourth-order valence-corrected chi connectivity index (χ4v) is 2.36. The van der Waals surface area contributed by atoms with Crippen LogP contribution in [0, 0.1) is 6.92 Å².